The highest BCUT2D eigenvalue weighted by Crippen LogP contribution is 2.35. The molecule has 38 heavy (non-hydrogen) atoms. The van der Waals surface area contributed by atoms with Crippen molar-refractivity contribution in [3.63, 3.8) is 0 Å². The van der Waals surface area contributed by atoms with Crippen LogP contribution >= 0.6 is 11.3 Å². The van der Waals surface area contributed by atoms with Gasteiger partial charge in [-0.2, -0.15) is 9.78 Å². The zero-order valence-electron chi connectivity index (χ0n) is 20.6. The lowest BCUT2D eigenvalue weighted by Gasteiger charge is -2.28. The highest BCUT2D eigenvalue weighted by Gasteiger charge is 2.28. The van der Waals surface area contributed by atoms with Crippen molar-refractivity contribution < 1.29 is 23.4 Å². The van der Waals surface area contributed by atoms with Gasteiger partial charge in [0.1, 0.15) is 23.4 Å². The summed E-state index contributed by atoms with van der Waals surface area (Å²) in [5, 5.41) is 15.1. The molecule has 0 unspecified atom stereocenters. The van der Waals surface area contributed by atoms with Crippen molar-refractivity contribution in [2.75, 3.05) is 25.3 Å². The third-order valence-corrected chi connectivity index (χ3v) is 6.88. The number of nitrogens with one attached hydrogen (secondary N) is 1. The number of nitrogen functional groups attached to an aromatic ring is 1. The zero-order valence-corrected chi connectivity index (χ0v) is 21.4. The molecule has 5 rings (SSSR count). The van der Waals surface area contributed by atoms with Gasteiger partial charge in [0.05, 0.1) is 25.0 Å². The standard InChI is InChI=1S/C24H25N7O6S/c1-34-13-5-3-6-14(11-13)36-20-15(19-16(35-2)7-4-9-26-19)12-17(37-22(20)33)21(32)28-23-29-30-24(38-23)31-18(25)8-10-27-31/h4,7-10,12-14H,3,5-6,11,25H2,1-2H3,(H,28,29,32)/t13-,14-/m0/s1. The number of nitrogens with two attached hydrogens (primary N) is 1. The van der Waals surface area contributed by atoms with E-state index < -0.39 is 11.5 Å². The van der Waals surface area contributed by atoms with E-state index in [0.717, 1.165) is 30.6 Å². The molecule has 0 bridgehead atoms. The number of ether oxygens (including phenoxy) is 3. The Bertz CT molecular complexity index is 1500. The first-order valence-electron chi connectivity index (χ1n) is 11.8. The monoisotopic (exact) mass is 539 g/mol. The van der Waals surface area contributed by atoms with Crippen LogP contribution in [0.15, 0.2) is 45.9 Å². The second-order valence-corrected chi connectivity index (χ2v) is 9.43. The number of methoxy groups -OCH3 is 2. The average Bonchev–Trinajstić information content (AvgIpc) is 3.58. The van der Waals surface area contributed by atoms with Crippen LogP contribution < -0.4 is 26.1 Å². The first-order chi connectivity index (χ1) is 18.5. The molecular weight excluding hydrogens is 514 g/mol. The fourth-order valence-electron chi connectivity index (χ4n) is 4.21. The van der Waals surface area contributed by atoms with Crippen molar-refractivity contribution >= 4 is 28.2 Å². The smallest absolute Gasteiger partial charge is 0.379 e. The molecule has 0 aromatic carbocycles. The number of amides is 1. The van der Waals surface area contributed by atoms with Gasteiger partial charge >= 0.3 is 5.63 Å². The molecule has 0 aliphatic heterocycles. The highest BCUT2D eigenvalue weighted by atomic mass is 32.1. The minimum atomic E-state index is -0.817. The number of anilines is 2. The van der Waals surface area contributed by atoms with E-state index in [4.69, 9.17) is 24.4 Å². The number of hydrogen-bond acceptors (Lipinski definition) is 12. The Hall–Kier alpha value is -4.30. The van der Waals surface area contributed by atoms with Crippen LogP contribution in [-0.2, 0) is 4.74 Å². The maximum atomic E-state index is 13.2. The fraction of sp³-hybridized carbons (Fsp3) is 0.333. The molecule has 4 aromatic heterocycles. The summed E-state index contributed by atoms with van der Waals surface area (Å²) >= 11 is 1.04. The van der Waals surface area contributed by atoms with Crippen LogP contribution in [0.25, 0.3) is 16.4 Å². The van der Waals surface area contributed by atoms with E-state index >= 15 is 0 Å². The summed E-state index contributed by atoms with van der Waals surface area (Å²) in [5.41, 5.74) is 5.63. The van der Waals surface area contributed by atoms with Gasteiger partial charge in [-0.25, -0.2) is 4.79 Å². The Morgan fingerprint density at radius 3 is 2.82 bits per heavy atom. The van der Waals surface area contributed by atoms with Crippen molar-refractivity contribution in [2.24, 2.45) is 0 Å². The van der Waals surface area contributed by atoms with Crippen LogP contribution in [0, 0.1) is 0 Å². The number of pyridine rings is 1. The molecule has 0 radical (unpaired) electrons. The second-order valence-electron chi connectivity index (χ2n) is 8.47. The van der Waals surface area contributed by atoms with Gasteiger partial charge in [0, 0.05) is 31.9 Å². The maximum absolute atomic E-state index is 13.2. The van der Waals surface area contributed by atoms with Gasteiger partial charge in [-0.3, -0.25) is 15.1 Å². The summed E-state index contributed by atoms with van der Waals surface area (Å²) in [5.74, 6) is -0.257. The third-order valence-electron chi connectivity index (χ3n) is 6.06. The third kappa shape index (κ3) is 5.21. The van der Waals surface area contributed by atoms with Crippen molar-refractivity contribution in [3.05, 3.63) is 52.8 Å². The lowest BCUT2D eigenvalue weighted by atomic mass is 9.95. The van der Waals surface area contributed by atoms with Gasteiger partial charge in [0.2, 0.25) is 16.0 Å². The predicted octanol–water partition coefficient (Wildman–Crippen LogP) is 2.92. The average molecular weight is 540 g/mol. The summed E-state index contributed by atoms with van der Waals surface area (Å²) in [6, 6.07) is 6.41. The summed E-state index contributed by atoms with van der Waals surface area (Å²) in [7, 11) is 3.15. The zero-order chi connectivity index (χ0) is 26.6. The van der Waals surface area contributed by atoms with Gasteiger partial charge in [0.25, 0.3) is 5.91 Å². The van der Waals surface area contributed by atoms with E-state index in [9.17, 15) is 9.59 Å². The van der Waals surface area contributed by atoms with Crippen LogP contribution in [0.3, 0.4) is 0 Å². The van der Waals surface area contributed by atoms with Gasteiger partial charge in [0.15, 0.2) is 5.76 Å². The molecule has 1 fully saturated rings. The van der Waals surface area contributed by atoms with E-state index in [-0.39, 0.29) is 34.4 Å². The second kappa shape index (κ2) is 11.0. The van der Waals surface area contributed by atoms with E-state index in [1.807, 2.05) is 0 Å². The van der Waals surface area contributed by atoms with Crippen molar-refractivity contribution in [2.45, 2.75) is 37.9 Å². The summed E-state index contributed by atoms with van der Waals surface area (Å²) in [4.78, 5) is 30.7. The molecule has 1 aliphatic rings. The van der Waals surface area contributed by atoms with Crippen LogP contribution in [0.2, 0.25) is 0 Å². The van der Waals surface area contributed by atoms with Crippen LogP contribution in [0.5, 0.6) is 11.5 Å². The summed E-state index contributed by atoms with van der Waals surface area (Å²) in [6.45, 7) is 0. The molecule has 1 amide bonds. The number of hydrogen-bond donors (Lipinski definition) is 2. The molecular formula is C24H25N7O6S. The normalized spacial score (nSPS) is 17.2. The largest absolute Gasteiger partial charge is 0.494 e. The number of carbonyl (C=O) groups is 1. The lowest BCUT2D eigenvalue weighted by Crippen LogP contribution is -2.31. The molecule has 14 heteroatoms. The SMILES string of the molecule is COc1cccnc1-c1cc(C(=O)Nc2nnc(-n3nccc3N)s2)oc(=O)c1O[C@H]1CCC[C@H](OC)C1. The highest BCUT2D eigenvalue weighted by molar-refractivity contribution is 7.17. The van der Waals surface area contributed by atoms with Gasteiger partial charge < -0.3 is 24.4 Å². The van der Waals surface area contributed by atoms with Gasteiger partial charge in [-0.05, 0) is 31.4 Å². The molecule has 3 N–H and O–H groups in total. The van der Waals surface area contributed by atoms with Crippen molar-refractivity contribution in [3.8, 4) is 27.9 Å². The molecule has 13 nitrogen and oxygen atoms in total. The topological polar surface area (TPSA) is 170 Å². The van der Waals surface area contributed by atoms with Crippen molar-refractivity contribution in [1.82, 2.24) is 25.0 Å². The molecule has 4 aromatic rings. The van der Waals surface area contributed by atoms with Crippen LogP contribution in [-0.4, -0.2) is 57.3 Å². The van der Waals surface area contributed by atoms with Crippen LogP contribution in [0.1, 0.15) is 36.2 Å². The maximum Gasteiger partial charge on any atom is 0.379 e. The van der Waals surface area contributed by atoms with E-state index in [0.29, 0.717) is 28.8 Å². The Morgan fingerprint density at radius 1 is 1.21 bits per heavy atom. The first-order valence-corrected chi connectivity index (χ1v) is 12.6. The lowest BCUT2D eigenvalue weighted by molar-refractivity contribution is 0.0199. The number of rotatable bonds is 8. The van der Waals surface area contributed by atoms with E-state index in [1.165, 1.54) is 24.1 Å². The Balaban J connectivity index is 1.48. The summed E-state index contributed by atoms with van der Waals surface area (Å²) < 4.78 is 23.9. The Morgan fingerprint density at radius 2 is 2.05 bits per heavy atom. The molecule has 1 aliphatic carbocycles. The summed E-state index contributed by atoms with van der Waals surface area (Å²) in [6.07, 6.45) is 6.03. The van der Waals surface area contributed by atoms with E-state index in [1.54, 1.807) is 31.5 Å². The molecule has 198 valence electrons. The predicted molar refractivity (Wildman–Crippen MR) is 138 cm³/mol. The minimum Gasteiger partial charge on any atom is -0.494 e. The molecule has 2 atom stereocenters. The molecule has 0 spiro atoms. The fourth-order valence-corrected chi connectivity index (χ4v) is 4.93. The van der Waals surface area contributed by atoms with Gasteiger partial charge in [-0.15, -0.1) is 10.2 Å². The quantitative estimate of drug-likeness (QED) is 0.337. The number of aromatic nitrogens is 5. The minimum absolute atomic E-state index is 0.0348. The Labute approximate surface area is 220 Å². The van der Waals surface area contributed by atoms with Gasteiger partial charge in [-0.1, -0.05) is 11.3 Å². The number of nitrogens with zero attached hydrogens (tertiary/aromatic N) is 5. The van der Waals surface area contributed by atoms with E-state index in [2.05, 4.69) is 25.6 Å². The molecule has 4 heterocycles. The number of carbonyl (C=O) groups excluding carboxylic acids is 1. The molecule has 0 saturated heterocycles. The van der Waals surface area contributed by atoms with Crippen LogP contribution in [0.4, 0.5) is 10.9 Å². The van der Waals surface area contributed by atoms with Crippen molar-refractivity contribution in [1.29, 1.82) is 0 Å². The Kier molecular flexibility index (Phi) is 7.33. The first kappa shape index (κ1) is 25.4. The molecule has 1 saturated carbocycles.